The van der Waals surface area contributed by atoms with E-state index in [9.17, 15) is 9.59 Å². The predicted octanol–water partition coefficient (Wildman–Crippen LogP) is 2.25. The van der Waals surface area contributed by atoms with Gasteiger partial charge in [-0.1, -0.05) is 43.7 Å². The van der Waals surface area contributed by atoms with Crippen LogP contribution in [-0.2, 0) is 14.3 Å². The summed E-state index contributed by atoms with van der Waals surface area (Å²) < 4.78 is 4.81. The molecule has 0 aliphatic heterocycles. The van der Waals surface area contributed by atoms with Gasteiger partial charge in [-0.25, -0.2) is 4.79 Å². The quantitative estimate of drug-likeness (QED) is 0.801. The lowest BCUT2D eigenvalue weighted by molar-refractivity contribution is -0.145. The first kappa shape index (κ1) is 15.2. The summed E-state index contributed by atoms with van der Waals surface area (Å²) in [5, 5.41) is 2.70. The minimum absolute atomic E-state index is 0.0671. The van der Waals surface area contributed by atoms with E-state index in [1.165, 1.54) is 14.0 Å². The lowest BCUT2D eigenvalue weighted by Crippen LogP contribution is -2.44. The Bertz CT molecular complexity index is 417. The minimum atomic E-state index is -0.634. The molecule has 0 radical (unpaired) electrons. The number of benzene rings is 1. The summed E-state index contributed by atoms with van der Waals surface area (Å²) in [5.41, 5.74) is 1.04. The summed E-state index contributed by atoms with van der Waals surface area (Å²) in [6.45, 7) is 3.46. The van der Waals surface area contributed by atoms with E-state index in [4.69, 9.17) is 4.74 Å². The number of esters is 1. The van der Waals surface area contributed by atoms with Gasteiger partial charge in [-0.05, 0) is 12.0 Å². The van der Waals surface area contributed by atoms with Crippen molar-refractivity contribution in [3.8, 4) is 0 Å². The Kier molecular flexibility index (Phi) is 6.06. The van der Waals surface area contributed by atoms with Gasteiger partial charge in [0.1, 0.15) is 6.04 Å². The summed E-state index contributed by atoms with van der Waals surface area (Å²) in [6, 6.07) is 9.10. The second kappa shape index (κ2) is 7.56. The highest BCUT2D eigenvalue weighted by Gasteiger charge is 2.30. The monoisotopic (exact) mass is 263 g/mol. The number of hydrogen-bond donors (Lipinski definition) is 1. The zero-order valence-electron chi connectivity index (χ0n) is 11.7. The fourth-order valence-electron chi connectivity index (χ4n) is 2.21. The molecule has 1 aromatic carbocycles. The van der Waals surface area contributed by atoms with Gasteiger partial charge in [-0.2, -0.15) is 0 Å². The second-order valence-corrected chi connectivity index (χ2v) is 4.51. The van der Waals surface area contributed by atoms with Crippen LogP contribution in [0.5, 0.6) is 0 Å². The maximum atomic E-state index is 11.9. The Balaban J connectivity index is 3.04. The highest BCUT2D eigenvalue weighted by molar-refractivity contribution is 5.84. The van der Waals surface area contributed by atoms with Crippen molar-refractivity contribution in [3.63, 3.8) is 0 Å². The lowest BCUT2D eigenvalue weighted by Gasteiger charge is -2.25. The molecule has 0 bridgehead atoms. The van der Waals surface area contributed by atoms with E-state index >= 15 is 0 Å². The van der Waals surface area contributed by atoms with Crippen LogP contribution < -0.4 is 5.32 Å². The number of carbonyl (C=O) groups is 2. The number of hydrogen-bond acceptors (Lipinski definition) is 3. The molecule has 0 spiro atoms. The van der Waals surface area contributed by atoms with Crippen molar-refractivity contribution in [2.75, 3.05) is 7.11 Å². The highest BCUT2D eigenvalue weighted by Crippen LogP contribution is 2.25. The molecule has 0 fully saturated rings. The molecular formula is C15H21NO3. The number of carbonyl (C=O) groups excluding carboxylic acids is 2. The normalized spacial score (nSPS) is 13.4. The van der Waals surface area contributed by atoms with Crippen LogP contribution >= 0.6 is 0 Å². The van der Waals surface area contributed by atoms with Crippen molar-refractivity contribution >= 4 is 11.9 Å². The predicted molar refractivity (Wildman–Crippen MR) is 73.7 cm³/mol. The first-order valence-corrected chi connectivity index (χ1v) is 6.50. The van der Waals surface area contributed by atoms with Gasteiger partial charge < -0.3 is 10.1 Å². The standard InChI is InChI=1S/C15H21NO3/c1-4-8-13(12-9-6-5-7-10-12)14(15(18)19-3)16-11(2)17/h5-7,9-10,13-14H,4,8H2,1-3H3,(H,16,17). The summed E-state index contributed by atoms with van der Waals surface area (Å²) in [5.74, 6) is -0.701. The highest BCUT2D eigenvalue weighted by atomic mass is 16.5. The smallest absolute Gasteiger partial charge is 0.329 e. The number of rotatable bonds is 6. The first-order valence-electron chi connectivity index (χ1n) is 6.50. The minimum Gasteiger partial charge on any atom is -0.467 e. The topological polar surface area (TPSA) is 55.4 Å². The summed E-state index contributed by atoms with van der Waals surface area (Å²) in [6.07, 6.45) is 1.73. The molecular weight excluding hydrogens is 242 g/mol. The van der Waals surface area contributed by atoms with Crippen molar-refractivity contribution in [2.45, 2.75) is 38.6 Å². The van der Waals surface area contributed by atoms with Crippen molar-refractivity contribution in [1.82, 2.24) is 5.32 Å². The summed E-state index contributed by atoms with van der Waals surface area (Å²) in [4.78, 5) is 23.2. The van der Waals surface area contributed by atoms with Gasteiger partial charge in [0, 0.05) is 12.8 Å². The molecule has 0 saturated heterocycles. The van der Waals surface area contributed by atoms with E-state index in [1.54, 1.807) is 0 Å². The zero-order chi connectivity index (χ0) is 14.3. The van der Waals surface area contributed by atoms with Crippen LogP contribution in [0.2, 0.25) is 0 Å². The van der Waals surface area contributed by atoms with Crippen LogP contribution in [0.15, 0.2) is 30.3 Å². The third-order valence-corrected chi connectivity index (χ3v) is 3.04. The van der Waals surface area contributed by atoms with Crippen LogP contribution in [0.25, 0.3) is 0 Å². The van der Waals surface area contributed by atoms with Gasteiger partial charge in [0.15, 0.2) is 0 Å². The summed E-state index contributed by atoms with van der Waals surface area (Å²) in [7, 11) is 1.34. The maximum absolute atomic E-state index is 11.9. The molecule has 1 aromatic rings. The van der Waals surface area contributed by atoms with E-state index in [2.05, 4.69) is 12.2 Å². The molecule has 1 N–H and O–H groups in total. The van der Waals surface area contributed by atoms with E-state index < -0.39 is 12.0 Å². The van der Waals surface area contributed by atoms with Crippen LogP contribution in [0.3, 0.4) is 0 Å². The molecule has 19 heavy (non-hydrogen) atoms. The van der Waals surface area contributed by atoms with Crippen LogP contribution in [0.4, 0.5) is 0 Å². The molecule has 4 nitrogen and oxygen atoms in total. The largest absolute Gasteiger partial charge is 0.467 e. The molecule has 1 amide bonds. The third kappa shape index (κ3) is 4.39. The molecule has 2 unspecified atom stereocenters. The maximum Gasteiger partial charge on any atom is 0.329 e. The fraction of sp³-hybridized carbons (Fsp3) is 0.467. The van der Waals surface area contributed by atoms with Crippen LogP contribution in [0, 0.1) is 0 Å². The Hall–Kier alpha value is -1.84. The number of nitrogens with one attached hydrogen (secondary N) is 1. The third-order valence-electron chi connectivity index (χ3n) is 3.04. The van der Waals surface area contributed by atoms with Crippen LogP contribution in [-0.4, -0.2) is 25.0 Å². The number of amides is 1. The second-order valence-electron chi connectivity index (χ2n) is 4.51. The first-order chi connectivity index (χ1) is 9.10. The molecule has 2 atom stereocenters. The van der Waals surface area contributed by atoms with Gasteiger partial charge in [0.2, 0.25) is 5.91 Å². The fourth-order valence-corrected chi connectivity index (χ4v) is 2.21. The van der Waals surface area contributed by atoms with Gasteiger partial charge in [-0.15, -0.1) is 0 Å². The molecule has 0 heterocycles. The van der Waals surface area contributed by atoms with Gasteiger partial charge >= 0.3 is 5.97 Å². The molecule has 1 rings (SSSR count). The van der Waals surface area contributed by atoms with Crippen molar-refractivity contribution < 1.29 is 14.3 Å². The van der Waals surface area contributed by atoms with Gasteiger partial charge in [0.25, 0.3) is 0 Å². The van der Waals surface area contributed by atoms with Crippen molar-refractivity contribution in [1.29, 1.82) is 0 Å². The zero-order valence-corrected chi connectivity index (χ0v) is 11.7. The van der Waals surface area contributed by atoms with E-state index in [1.807, 2.05) is 30.3 Å². The lowest BCUT2D eigenvalue weighted by atomic mass is 9.87. The van der Waals surface area contributed by atoms with E-state index in [-0.39, 0.29) is 11.8 Å². The SMILES string of the molecule is CCCC(c1ccccc1)C(NC(C)=O)C(=O)OC. The summed E-state index contributed by atoms with van der Waals surface area (Å²) >= 11 is 0. The van der Waals surface area contributed by atoms with E-state index in [0.29, 0.717) is 0 Å². The van der Waals surface area contributed by atoms with Gasteiger partial charge in [-0.3, -0.25) is 4.79 Å². The molecule has 0 saturated carbocycles. The van der Waals surface area contributed by atoms with Gasteiger partial charge in [0.05, 0.1) is 7.11 Å². The molecule has 0 aliphatic carbocycles. The van der Waals surface area contributed by atoms with Crippen molar-refractivity contribution in [2.24, 2.45) is 0 Å². The average Bonchev–Trinajstić information content (AvgIpc) is 2.42. The number of methoxy groups -OCH3 is 1. The van der Waals surface area contributed by atoms with Crippen LogP contribution in [0.1, 0.15) is 38.2 Å². The van der Waals surface area contributed by atoms with E-state index in [0.717, 1.165) is 18.4 Å². The Morgan fingerprint density at radius 2 is 1.89 bits per heavy atom. The van der Waals surface area contributed by atoms with Crippen molar-refractivity contribution in [3.05, 3.63) is 35.9 Å². The Labute approximate surface area is 114 Å². The molecule has 104 valence electrons. The Morgan fingerprint density at radius 3 is 2.37 bits per heavy atom. The molecule has 0 aliphatic rings. The number of ether oxygens (including phenoxy) is 1. The average molecular weight is 263 g/mol. The molecule has 4 heteroatoms. The Morgan fingerprint density at radius 1 is 1.26 bits per heavy atom. The molecule has 0 aromatic heterocycles.